The van der Waals surface area contributed by atoms with Crippen molar-refractivity contribution in [1.82, 2.24) is 10.3 Å². The smallest absolute Gasteiger partial charge is 0.121 e. The van der Waals surface area contributed by atoms with Gasteiger partial charge in [-0.15, -0.1) is 0 Å². The number of hydrogen-bond acceptors (Lipinski definition) is 4. The average molecular weight is 369 g/mol. The van der Waals surface area contributed by atoms with Crippen LogP contribution in [-0.2, 0) is 11.3 Å². The number of nitrogens with one attached hydrogen (secondary N) is 1. The van der Waals surface area contributed by atoms with Crippen LogP contribution in [0.5, 0.6) is 5.75 Å². The number of pyridine rings is 1. The lowest BCUT2D eigenvalue weighted by atomic mass is 9.72. The van der Waals surface area contributed by atoms with Gasteiger partial charge in [0, 0.05) is 24.9 Å². The molecule has 1 aromatic heterocycles. The summed E-state index contributed by atoms with van der Waals surface area (Å²) in [5.74, 6) is 1.75. The predicted molar refractivity (Wildman–Crippen MR) is 110 cm³/mol. The molecule has 0 bridgehead atoms. The molecule has 146 valence electrons. The molecule has 4 heteroatoms. The van der Waals surface area contributed by atoms with Crippen molar-refractivity contribution in [2.24, 2.45) is 11.3 Å². The second-order valence-electron chi connectivity index (χ2n) is 8.75. The lowest BCUT2D eigenvalue weighted by Crippen LogP contribution is -2.30. The summed E-state index contributed by atoms with van der Waals surface area (Å²) in [6.07, 6.45) is 6.58. The van der Waals surface area contributed by atoms with Gasteiger partial charge in [-0.2, -0.15) is 0 Å². The minimum absolute atomic E-state index is 0.329. The number of carbonyl (C=O) groups is 1. The second-order valence-corrected chi connectivity index (χ2v) is 8.75. The van der Waals surface area contributed by atoms with Gasteiger partial charge in [-0.25, -0.2) is 0 Å². The summed E-state index contributed by atoms with van der Waals surface area (Å²) in [4.78, 5) is 15.0. The molecule has 4 nitrogen and oxygen atoms in total. The molecule has 0 spiro atoms. The quantitative estimate of drug-likeness (QED) is 0.558. The van der Waals surface area contributed by atoms with E-state index in [1.54, 1.807) is 0 Å². The van der Waals surface area contributed by atoms with Gasteiger partial charge in [0.15, 0.2) is 0 Å². The molecule has 1 aliphatic rings. The van der Waals surface area contributed by atoms with Crippen LogP contribution < -0.4 is 10.1 Å². The number of carbonyl (C=O) groups excluding carboxylic acids is 1. The van der Waals surface area contributed by atoms with Crippen LogP contribution in [0.2, 0.25) is 0 Å². The zero-order chi connectivity index (χ0) is 19.3. The molecular weight excluding hydrogens is 336 g/mol. The van der Waals surface area contributed by atoms with Crippen LogP contribution >= 0.6 is 0 Å². The van der Waals surface area contributed by atoms with Gasteiger partial charge in [-0.05, 0) is 61.3 Å². The second kappa shape index (κ2) is 8.83. The maximum absolute atomic E-state index is 10.4. The van der Waals surface area contributed by atoms with E-state index >= 15 is 0 Å². The van der Waals surface area contributed by atoms with Gasteiger partial charge >= 0.3 is 0 Å². The van der Waals surface area contributed by atoms with Gasteiger partial charge in [-0.1, -0.05) is 26.8 Å². The third-order valence-electron chi connectivity index (χ3n) is 5.67. The summed E-state index contributed by atoms with van der Waals surface area (Å²) < 4.78 is 6.27. The van der Waals surface area contributed by atoms with Crippen LogP contribution in [-0.4, -0.2) is 23.9 Å². The van der Waals surface area contributed by atoms with E-state index < -0.39 is 0 Å². The van der Waals surface area contributed by atoms with E-state index in [4.69, 9.17) is 9.72 Å². The Bertz CT molecular complexity index is 759. The van der Waals surface area contributed by atoms with E-state index in [1.165, 1.54) is 12.8 Å². The number of aldehydes is 1. The van der Waals surface area contributed by atoms with Crippen LogP contribution in [0.4, 0.5) is 0 Å². The van der Waals surface area contributed by atoms with E-state index in [0.29, 0.717) is 31.0 Å². The highest BCUT2D eigenvalue weighted by molar-refractivity contribution is 5.80. The highest BCUT2D eigenvalue weighted by atomic mass is 16.5. The molecule has 0 atom stereocenters. The van der Waals surface area contributed by atoms with E-state index in [9.17, 15) is 4.79 Å². The minimum Gasteiger partial charge on any atom is -0.490 e. The highest BCUT2D eigenvalue weighted by Gasteiger charge is 2.30. The maximum atomic E-state index is 10.4. The third kappa shape index (κ3) is 5.52. The first-order valence-corrected chi connectivity index (χ1v) is 10.2. The number of rotatable bonds is 7. The lowest BCUT2D eigenvalue weighted by Gasteiger charge is -2.36. The highest BCUT2D eigenvalue weighted by Crippen LogP contribution is 2.38. The fourth-order valence-electron chi connectivity index (χ4n) is 3.93. The average Bonchev–Trinajstić information content (AvgIpc) is 2.65. The first-order chi connectivity index (χ1) is 13.0. The van der Waals surface area contributed by atoms with Gasteiger partial charge in [0.25, 0.3) is 0 Å². The summed E-state index contributed by atoms with van der Waals surface area (Å²) in [7, 11) is 0. The zero-order valence-electron chi connectivity index (χ0n) is 16.8. The van der Waals surface area contributed by atoms with Crippen LogP contribution in [0, 0.1) is 11.3 Å². The van der Waals surface area contributed by atoms with Gasteiger partial charge in [-0.3, -0.25) is 4.98 Å². The number of nitrogens with zero attached hydrogens (tertiary/aromatic N) is 1. The number of benzene rings is 1. The van der Waals surface area contributed by atoms with Crippen LogP contribution in [0.1, 0.15) is 58.6 Å². The first-order valence-electron chi connectivity index (χ1n) is 10.2. The molecule has 1 heterocycles. The summed E-state index contributed by atoms with van der Waals surface area (Å²) in [5.41, 5.74) is 2.37. The third-order valence-corrected chi connectivity index (χ3v) is 5.67. The van der Waals surface area contributed by atoms with Gasteiger partial charge in [0.2, 0.25) is 0 Å². The van der Waals surface area contributed by atoms with Crippen molar-refractivity contribution in [3.8, 4) is 5.75 Å². The summed E-state index contributed by atoms with van der Waals surface area (Å²) in [6.45, 7) is 8.41. The molecule has 1 N–H and O–H groups in total. The topological polar surface area (TPSA) is 51.2 Å². The van der Waals surface area contributed by atoms with Crippen LogP contribution in [0.3, 0.4) is 0 Å². The van der Waals surface area contributed by atoms with E-state index in [-0.39, 0.29) is 0 Å². The van der Waals surface area contributed by atoms with Crippen molar-refractivity contribution in [2.45, 2.75) is 65.5 Å². The minimum atomic E-state index is 0.329. The number of ether oxygens (including phenoxy) is 1. The number of aromatic nitrogens is 1. The fourth-order valence-corrected chi connectivity index (χ4v) is 3.93. The Morgan fingerprint density at radius 1 is 1.15 bits per heavy atom. The van der Waals surface area contributed by atoms with Crippen molar-refractivity contribution < 1.29 is 9.53 Å². The van der Waals surface area contributed by atoms with E-state index in [2.05, 4.69) is 38.2 Å². The van der Waals surface area contributed by atoms with Gasteiger partial charge in [0.05, 0.1) is 17.3 Å². The molecule has 0 unspecified atom stereocenters. The number of hydrogen-bond donors (Lipinski definition) is 1. The Balaban J connectivity index is 1.58. The molecular formula is C23H32N2O2. The summed E-state index contributed by atoms with van der Waals surface area (Å²) >= 11 is 0. The van der Waals surface area contributed by atoms with Gasteiger partial charge < -0.3 is 14.8 Å². The van der Waals surface area contributed by atoms with Crippen molar-refractivity contribution in [1.29, 1.82) is 0 Å². The molecule has 1 fully saturated rings. The zero-order valence-corrected chi connectivity index (χ0v) is 16.8. The Labute approximate surface area is 162 Å². The summed E-state index contributed by atoms with van der Waals surface area (Å²) in [5, 5.41) is 4.33. The molecule has 1 aliphatic carbocycles. The molecule has 2 aromatic rings. The molecule has 1 saturated carbocycles. The summed E-state index contributed by atoms with van der Waals surface area (Å²) in [6, 6.07) is 10.3. The molecule has 1 aromatic carbocycles. The number of fused-ring (bicyclic) bond motifs is 1. The lowest BCUT2D eigenvalue weighted by molar-refractivity contribution is -0.107. The first kappa shape index (κ1) is 19.8. The standard InChI is InChI=1S/C23H32N2O2/c1-23(2,3)18-6-9-20(10-7-18)27-21-11-12-22-17(15-21)5-8-19(25-22)16-24-13-4-14-26/h5,8,11-12,14-15,18,20,24H,4,6-7,9-10,13,16H2,1-3H3/t18-,20-. The molecule has 0 saturated heterocycles. The van der Waals surface area contributed by atoms with Crippen LogP contribution in [0.15, 0.2) is 30.3 Å². The SMILES string of the molecule is CC(C)(C)[C@H]1CC[C@H](Oc2ccc3nc(CNCCC=O)ccc3c2)CC1. The molecule has 27 heavy (non-hydrogen) atoms. The van der Waals surface area contributed by atoms with E-state index in [1.807, 2.05) is 18.2 Å². The largest absolute Gasteiger partial charge is 0.490 e. The van der Waals surface area contributed by atoms with Crippen LogP contribution in [0.25, 0.3) is 10.9 Å². The molecule has 0 radical (unpaired) electrons. The van der Waals surface area contributed by atoms with Crippen molar-refractivity contribution >= 4 is 17.2 Å². The Morgan fingerprint density at radius 2 is 1.93 bits per heavy atom. The molecule has 3 rings (SSSR count). The Morgan fingerprint density at radius 3 is 2.63 bits per heavy atom. The Hall–Kier alpha value is -1.94. The molecule has 0 aliphatic heterocycles. The normalized spacial score (nSPS) is 20.6. The monoisotopic (exact) mass is 368 g/mol. The van der Waals surface area contributed by atoms with E-state index in [0.717, 1.165) is 47.4 Å². The van der Waals surface area contributed by atoms with Crippen molar-refractivity contribution in [2.75, 3.05) is 6.54 Å². The van der Waals surface area contributed by atoms with Crippen molar-refractivity contribution in [3.63, 3.8) is 0 Å². The van der Waals surface area contributed by atoms with Gasteiger partial charge in [0.1, 0.15) is 12.0 Å². The maximum Gasteiger partial charge on any atom is 0.121 e. The fraction of sp³-hybridized carbons (Fsp3) is 0.565. The Kier molecular flexibility index (Phi) is 6.48. The molecule has 0 amide bonds. The predicted octanol–water partition coefficient (Wildman–Crippen LogP) is 4.90. The van der Waals surface area contributed by atoms with Crippen molar-refractivity contribution in [3.05, 3.63) is 36.0 Å².